The van der Waals surface area contributed by atoms with Crippen LogP contribution in [0.2, 0.25) is 5.02 Å². The molecule has 1 aromatic carbocycles. The molecule has 144 valence electrons. The molecule has 0 saturated heterocycles. The summed E-state index contributed by atoms with van der Waals surface area (Å²) in [5.74, 6) is 2.10. The lowest BCUT2D eigenvalue weighted by Crippen LogP contribution is -2.07. The fraction of sp³-hybridized carbons (Fsp3) is 0.263. The van der Waals surface area contributed by atoms with Crippen LogP contribution >= 0.6 is 21.6 Å². The zero-order chi connectivity index (χ0) is 20.4. The molecule has 0 radical (unpaired) electrons. The molecule has 0 N–H and O–H groups in total. The summed E-state index contributed by atoms with van der Waals surface area (Å²) in [6, 6.07) is 6.20. The van der Waals surface area contributed by atoms with Gasteiger partial charge in [0.1, 0.15) is 0 Å². The van der Waals surface area contributed by atoms with E-state index in [1.165, 1.54) is 25.3 Å². The number of carbonyl (C=O) groups excluding carboxylic acids is 1. The Bertz CT molecular complexity index is 941. The molecular weight excluding hydrogens is 399 g/mol. The maximum absolute atomic E-state index is 13.1. The molecular formula is C19H17ClF3NO2S. The topological polar surface area (TPSA) is 39.2 Å². The van der Waals surface area contributed by atoms with Crippen LogP contribution in [0.5, 0.6) is 0 Å². The lowest BCUT2D eigenvalue weighted by molar-refractivity contribution is -0.137. The van der Waals surface area contributed by atoms with Crippen molar-refractivity contribution < 1.29 is 22.7 Å². The molecule has 1 heterocycles. The van der Waals surface area contributed by atoms with Gasteiger partial charge in [-0.1, -0.05) is 23.6 Å². The van der Waals surface area contributed by atoms with E-state index in [-0.39, 0.29) is 22.0 Å². The Morgan fingerprint density at radius 3 is 2.41 bits per heavy atom. The Kier molecular flexibility index (Phi) is 6.13. The standard InChI is InChI=1S/C19H17ClF3NO2S/c1-26-18(25)17-15(20)7-8-16(24-17)14-6-5-13(19(21,22)23)11-12(14)9-10-27(2,3)4/h5-8,11H,1-4H3. The molecule has 0 aliphatic heterocycles. The summed E-state index contributed by atoms with van der Waals surface area (Å²) in [6.45, 7) is 0. The van der Waals surface area contributed by atoms with Crippen LogP contribution in [0.25, 0.3) is 11.3 Å². The molecule has 2 aromatic rings. The Hall–Kier alpha value is -2.17. The molecule has 0 saturated carbocycles. The summed E-state index contributed by atoms with van der Waals surface area (Å²) in [4.78, 5) is 16.0. The zero-order valence-electron chi connectivity index (χ0n) is 15.1. The number of hydrogen-bond acceptors (Lipinski definition) is 3. The van der Waals surface area contributed by atoms with E-state index >= 15 is 0 Å². The fourth-order valence-electron chi connectivity index (χ4n) is 2.09. The van der Waals surface area contributed by atoms with E-state index in [1.54, 1.807) is 0 Å². The van der Waals surface area contributed by atoms with Gasteiger partial charge in [0.25, 0.3) is 0 Å². The zero-order valence-corrected chi connectivity index (χ0v) is 16.6. The number of pyridine rings is 1. The number of methoxy groups -OCH3 is 1. The van der Waals surface area contributed by atoms with Crippen LogP contribution in [-0.4, -0.2) is 36.8 Å². The summed E-state index contributed by atoms with van der Waals surface area (Å²) in [6.07, 6.45) is 1.31. The maximum atomic E-state index is 13.1. The molecule has 0 aliphatic carbocycles. The summed E-state index contributed by atoms with van der Waals surface area (Å²) >= 11 is 5.97. The van der Waals surface area contributed by atoms with Crippen LogP contribution in [0.1, 0.15) is 21.6 Å². The first-order valence-electron chi connectivity index (χ1n) is 7.60. The second-order valence-electron chi connectivity index (χ2n) is 6.34. The largest absolute Gasteiger partial charge is 0.464 e. The summed E-state index contributed by atoms with van der Waals surface area (Å²) in [5, 5.41) is 3.09. The van der Waals surface area contributed by atoms with E-state index in [1.807, 2.05) is 18.8 Å². The number of esters is 1. The normalized spacial score (nSPS) is 12.1. The van der Waals surface area contributed by atoms with Crippen molar-refractivity contribution in [3.8, 4) is 22.4 Å². The van der Waals surface area contributed by atoms with E-state index in [0.717, 1.165) is 12.1 Å². The molecule has 3 nitrogen and oxygen atoms in total. The molecule has 2 rings (SSSR count). The highest BCUT2D eigenvalue weighted by molar-refractivity contribution is 8.35. The van der Waals surface area contributed by atoms with Gasteiger partial charge in [-0.05, 0) is 48.3 Å². The average Bonchev–Trinajstić information content (AvgIpc) is 2.58. The summed E-state index contributed by atoms with van der Waals surface area (Å²) < 4.78 is 44.0. The predicted octanol–water partition coefficient (Wildman–Crippen LogP) is 5.21. The maximum Gasteiger partial charge on any atom is 0.416 e. The molecule has 1 aromatic heterocycles. The summed E-state index contributed by atoms with van der Waals surface area (Å²) in [7, 11) is -0.0712. The SMILES string of the molecule is COC(=O)c1nc(-c2ccc(C(F)(F)F)cc2C#CS(C)(C)C)ccc1Cl. The molecule has 0 bridgehead atoms. The van der Waals surface area contributed by atoms with E-state index in [9.17, 15) is 18.0 Å². The van der Waals surface area contributed by atoms with Crippen molar-refractivity contribution in [3.05, 3.63) is 52.2 Å². The smallest absolute Gasteiger partial charge is 0.416 e. The van der Waals surface area contributed by atoms with E-state index < -0.39 is 27.7 Å². The van der Waals surface area contributed by atoms with Crippen LogP contribution in [-0.2, 0) is 10.9 Å². The van der Waals surface area contributed by atoms with Crippen molar-refractivity contribution in [1.82, 2.24) is 4.98 Å². The van der Waals surface area contributed by atoms with Crippen molar-refractivity contribution in [1.29, 1.82) is 0 Å². The molecule has 8 heteroatoms. The lowest BCUT2D eigenvalue weighted by atomic mass is 10.0. The predicted molar refractivity (Wildman–Crippen MR) is 103 cm³/mol. The quantitative estimate of drug-likeness (QED) is 0.499. The first-order valence-corrected chi connectivity index (χ1v) is 10.8. The molecule has 0 unspecified atom stereocenters. The third kappa shape index (κ3) is 5.41. The number of nitrogens with zero attached hydrogens (tertiary/aromatic N) is 1. The van der Waals surface area contributed by atoms with Gasteiger partial charge in [-0.15, -0.1) is 0 Å². The Labute approximate surface area is 162 Å². The van der Waals surface area contributed by atoms with Crippen LogP contribution in [0.4, 0.5) is 13.2 Å². The molecule has 0 aliphatic rings. The number of rotatable bonds is 2. The van der Waals surface area contributed by atoms with E-state index in [0.29, 0.717) is 5.56 Å². The van der Waals surface area contributed by atoms with Gasteiger partial charge in [0, 0.05) is 11.1 Å². The van der Waals surface area contributed by atoms with E-state index in [2.05, 4.69) is 20.9 Å². The van der Waals surface area contributed by atoms with Gasteiger partial charge in [-0.25, -0.2) is 9.78 Å². The number of halogens is 4. The minimum absolute atomic E-state index is 0.0873. The number of hydrogen-bond donors (Lipinski definition) is 0. The Morgan fingerprint density at radius 1 is 1.19 bits per heavy atom. The Morgan fingerprint density at radius 2 is 1.85 bits per heavy atom. The second-order valence-corrected chi connectivity index (χ2v) is 10.6. The van der Waals surface area contributed by atoms with Crippen LogP contribution in [0.15, 0.2) is 30.3 Å². The number of aromatic nitrogens is 1. The minimum atomic E-state index is -4.49. The van der Waals surface area contributed by atoms with Crippen molar-refractivity contribution in [3.63, 3.8) is 0 Å². The van der Waals surface area contributed by atoms with Crippen LogP contribution in [0, 0.1) is 11.2 Å². The van der Waals surface area contributed by atoms with Crippen LogP contribution in [0.3, 0.4) is 0 Å². The van der Waals surface area contributed by atoms with Gasteiger partial charge in [-0.3, -0.25) is 0 Å². The third-order valence-electron chi connectivity index (χ3n) is 3.34. The minimum Gasteiger partial charge on any atom is -0.464 e. The first-order chi connectivity index (χ1) is 12.4. The van der Waals surface area contributed by atoms with E-state index in [4.69, 9.17) is 11.6 Å². The fourth-order valence-corrected chi connectivity index (χ4v) is 2.69. The molecule has 0 atom stereocenters. The van der Waals surface area contributed by atoms with Gasteiger partial charge in [0.2, 0.25) is 0 Å². The highest BCUT2D eigenvalue weighted by Gasteiger charge is 2.31. The van der Waals surface area contributed by atoms with Crippen molar-refractivity contribution >= 4 is 27.6 Å². The van der Waals surface area contributed by atoms with Crippen LogP contribution < -0.4 is 0 Å². The van der Waals surface area contributed by atoms with Gasteiger partial charge in [0.15, 0.2) is 5.69 Å². The number of carbonyl (C=O) groups is 1. The molecule has 27 heavy (non-hydrogen) atoms. The number of alkyl halides is 3. The van der Waals surface area contributed by atoms with Crippen molar-refractivity contribution in [2.75, 3.05) is 25.9 Å². The monoisotopic (exact) mass is 415 g/mol. The highest BCUT2D eigenvalue weighted by Crippen LogP contribution is 2.35. The average molecular weight is 416 g/mol. The van der Waals surface area contributed by atoms with Gasteiger partial charge in [-0.2, -0.15) is 23.2 Å². The lowest BCUT2D eigenvalue weighted by Gasteiger charge is -2.16. The third-order valence-corrected chi connectivity index (χ3v) is 4.36. The number of ether oxygens (including phenoxy) is 1. The van der Waals surface area contributed by atoms with Gasteiger partial charge >= 0.3 is 12.1 Å². The van der Waals surface area contributed by atoms with Crippen molar-refractivity contribution in [2.45, 2.75) is 6.18 Å². The second kappa shape index (κ2) is 7.83. The first kappa shape index (κ1) is 21.1. The van der Waals surface area contributed by atoms with Gasteiger partial charge < -0.3 is 4.74 Å². The number of benzene rings is 1. The summed E-state index contributed by atoms with van der Waals surface area (Å²) in [5.41, 5.74) is -0.0841. The molecule has 0 amide bonds. The highest BCUT2D eigenvalue weighted by atomic mass is 35.5. The molecule has 0 spiro atoms. The molecule has 0 fully saturated rings. The van der Waals surface area contributed by atoms with Gasteiger partial charge in [0.05, 0.1) is 23.4 Å². The Balaban J connectivity index is 2.69. The van der Waals surface area contributed by atoms with Crippen molar-refractivity contribution in [2.24, 2.45) is 0 Å².